The van der Waals surface area contributed by atoms with Gasteiger partial charge in [-0.2, -0.15) is 15.3 Å². The molecule has 0 aliphatic heterocycles. The molecule has 4 rings (SSSR count). The lowest BCUT2D eigenvalue weighted by atomic mass is 10.1. The summed E-state index contributed by atoms with van der Waals surface area (Å²) in [6, 6.07) is 3.15. The van der Waals surface area contributed by atoms with E-state index < -0.39 is 6.43 Å². The maximum Gasteiger partial charge on any atom is 0.264 e. The molecule has 9 nitrogen and oxygen atoms in total. The number of carbonyl (C=O) groups excluding carboxylic acids is 1. The predicted octanol–water partition coefficient (Wildman–Crippen LogP) is 3.10. The number of hydrogen-bond acceptors (Lipinski definition) is 5. The van der Waals surface area contributed by atoms with Crippen LogP contribution in [-0.2, 0) is 24.9 Å². The van der Waals surface area contributed by atoms with Crippen LogP contribution >= 0.6 is 0 Å². The average molecular weight is 457 g/mol. The highest BCUT2D eigenvalue weighted by Crippen LogP contribution is 2.32. The molecule has 1 amide bonds. The highest BCUT2D eigenvalue weighted by atomic mass is 19.3. The van der Waals surface area contributed by atoms with Gasteiger partial charge in [0.05, 0.1) is 35.2 Å². The van der Waals surface area contributed by atoms with Crippen LogP contribution in [0.15, 0.2) is 24.5 Å². The Morgan fingerprint density at radius 2 is 1.91 bits per heavy atom. The highest BCUT2D eigenvalue weighted by Gasteiger charge is 2.22. The third-order valence-electron chi connectivity index (χ3n) is 5.39. The van der Waals surface area contributed by atoms with Crippen molar-refractivity contribution in [3.8, 4) is 11.3 Å². The average Bonchev–Trinajstić information content (AvgIpc) is 3.39. The first-order valence-corrected chi connectivity index (χ1v) is 10.6. The molecule has 1 unspecified atom stereocenters. The Bertz CT molecular complexity index is 1320. The molecular formula is C22H26F2N8O. The van der Waals surface area contributed by atoms with E-state index in [1.165, 1.54) is 10.7 Å². The fourth-order valence-electron chi connectivity index (χ4n) is 3.99. The van der Waals surface area contributed by atoms with Gasteiger partial charge >= 0.3 is 0 Å². The van der Waals surface area contributed by atoms with Gasteiger partial charge in [-0.25, -0.2) is 18.4 Å². The maximum atomic E-state index is 13.9. The molecule has 0 aliphatic carbocycles. The Balaban J connectivity index is 1.61. The number of pyridine rings is 1. The lowest BCUT2D eigenvalue weighted by Gasteiger charge is -2.15. The zero-order valence-corrected chi connectivity index (χ0v) is 19.2. The van der Waals surface area contributed by atoms with E-state index in [1.54, 1.807) is 31.0 Å². The van der Waals surface area contributed by atoms with Crippen LogP contribution in [0.25, 0.3) is 22.3 Å². The summed E-state index contributed by atoms with van der Waals surface area (Å²) in [5.41, 5.74) is 3.35. The van der Waals surface area contributed by atoms with Crippen molar-refractivity contribution >= 4 is 16.9 Å². The molecule has 174 valence electrons. The Kier molecular flexibility index (Phi) is 5.96. The van der Waals surface area contributed by atoms with Crippen LogP contribution in [0.4, 0.5) is 8.78 Å². The molecule has 1 N–H and O–H groups in total. The molecule has 11 heteroatoms. The zero-order chi connectivity index (χ0) is 23.9. The summed E-state index contributed by atoms with van der Waals surface area (Å²) in [7, 11) is 1.74. The Morgan fingerprint density at radius 3 is 2.52 bits per heavy atom. The minimum atomic E-state index is -2.71. The second-order valence-electron chi connectivity index (χ2n) is 8.32. The van der Waals surface area contributed by atoms with Gasteiger partial charge in [0.2, 0.25) is 5.91 Å². The number of halogens is 2. The van der Waals surface area contributed by atoms with E-state index in [9.17, 15) is 13.6 Å². The van der Waals surface area contributed by atoms with E-state index in [4.69, 9.17) is 0 Å². The molecule has 4 aromatic heterocycles. The summed E-state index contributed by atoms with van der Waals surface area (Å²) < 4.78 is 32.6. The number of aromatic nitrogens is 7. The van der Waals surface area contributed by atoms with Crippen molar-refractivity contribution in [3.05, 3.63) is 47.2 Å². The first kappa shape index (κ1) is 22.6. The highest BCUT2D eigenvalue weighted by molar-refractivity contribution is 5.87. The van der Waals surface area contributed by atoms with Crippen molar-refractivity contribution in [2.24, 2.45) is 7.05 Å². The van der Waals surface area contributed by atoms with Crippen molar-refractivity contribution < 1.29 is 13.6 Å². The number of rotatable bonds is 7. The number of nitrogens with one attached hydrogen (secondary N) is 1. The van der Waals surface area contributed by atoms with E-state index in [-0.39, 0.29) is 35.1 Å². The number of hydrogen-bond donors (Lipinski definition) is 1. The Labute approximate surface area is 189 Å². The molecular weight excluding hydrogens is 430 g/mol. The minimum absolute atomic E-state index is 0.141. The second kappa shape index (κ2) is 8.72. The van der Waals surface area contributed by atoms with Crippen LogP contribution in [-0.4, -0.2) is 46.3 Å². The van der Waals surface area contributed by atoms with Crippen LogP contribution in [0.3, 0.4) is 0 Å². The second-order valence-corrected chi connectivity index (χ2v) is 8.32. The molecule has 0 fully saturated rings. The normalized spacial score (nSPS) is 12.6. The van der Waals surface area contributed by atoms with Crippen molar-refractivity contribution in [2.75, 3.05) is 0 Å². The van der Waals surface area contributed by atoms with Crippen LogP contribution in [0.1, 0.15) is 36.0 Å². The lowest BCUT2D eigenvalue weighted by Crippen LogP contribution is -2.38. The van der Waals surface area contributed by atoms with Gasteiger partial charge in [0, 0.05) is 36.1 Å². The first-order chi connectivity index (χ1) is 15.6. The fraction of sp³-hybridized carbons (Fsp3) is 0.409. The molecule has 0 saturated heterocycles. The lowest BCUT2D eigenvalue weighted by molar-refractivity contribution is -0.122. The molecule has 0 radical (unpaired) electrons. The molecule has 0 saturated carbocycles. The summed E-state index contributed by atoms with van der Waals surface area (Å²) in [6.07, 6.45) is 0.547. The summed E-state index contributed by atoms with van der Waals surface area (Å²) in [6.45, 7) is 7.77. The monoisotopic (exact) mass is 456 g/mol. The quantitative estimate of drug-likeness (QED) is 0.461. The maximum absolute atomic E-state index is 13.9. The topological polar surface area (TPSA) is 95.5 Å². The summed E-state index contributed by atoms with van der Waals surface area (Å²) in [5.74, 6) is -0.291. The van der Waals surface area contributed by atoms with E-state index in [1.807, 2.05) is 31.5 Å². The van der Waals surface area contributed by atoms with Crippen LogP contribution in [0, 0.1) is 20.8 Å². The van der Waals surface area contributed by atoms with Gasteiger partial charge in [-0.3, -0.25) is 14.2 Å². The number of aryl methyl sites for hydroxylation is 4. The Hall–Kier alpha value is -3.63. The van der Waals surface area contributed by atoms with Gasteiger partial charge < -0.3 is 5.32 Å². The van der Waals surface area contributed by atoms with E-state index in [0.717, 1.165) is 11.4 Å². The number of fused-ring (bicyclic) bond motifs is 1. The first-order valence-electron chi connectivity index (χ1n) is 10.6. The van der Waals surface area contributed by atoms with Crippen LogP contribution in [0.5, 0.6) is 0 Å². The summed E-state index contributed by atoms with van der Waals surface area (Å²) >= 11 is 0. The standard InChI is InChI=1S/C22H26F2N8O/c1-12-6-14(3)31(28-12)9-13(2)26-19(33)11-32-22-20(15(4)29-32)17(21(23)24)7-18(27-22)16-8-25-30(5)10-16/h6-8,10,13,21H,9,11H2,1-5H3,(H,26,33). The summed E-state index contributed by atoms with van der Waals surface area (Å²) in [4.78, 5) is 17.3. The third-order valence-corrected chi connectivity index (χ3v) is 5.39. The SMILES string of the molecule is Cc1cc(C)n(CC(C)NC(=O)Cn2nc(C)c3c(C(F)F)cc(-c4cnn(C)c4)nc32)n1. The predicted molar refractivity (Wildman–Crippen MR) is 119 cm³/mol. The molecule has 0 bridgehead atoms. The molecule has 4 aromatic rings. The fourth-order valence-corrected chi connectivity index (χ4v) is 3.99. The molecule has 0 spiro atoms. The van der Waals surface area contributed by atoms with Crippen molar-refractivity contribution in [3.63, 3.8) is 0 Å². The summed E-state index contributed by atoms with van der Waals surface area (Å²) in [5, 5.41) is 16.0. The molecule has 1 atom stereocenters. The van der Waals surface area contributed by atoms with Crippen molar-refractivity contribution in [2.45, 2.75) is 53.3 Å². The number of amides is 1. The largest absolute Gasteiger partial charge is 0.350 e. The van der Waals surface area contributed by atoms with Gasteiger partial charge in [0.15, 0.2) is 5.65 Å². The zero-order valence-electron chi connectivity index (χ0n) is 19.2. The molecule has 0 aliphatic rings. The van der Waals surface area contributed by atoms with E-state index in [0.29, 0.717) is 23.5 Å². The van der Waals surface area contributed by atoms with Crippen LogP contribution < -0.4 is 5.32 Å². The number of nitrogens with zero attached hydrogens (tertiary/aromatic N) is 7. The van der Waals surface area contributed by atoms with Gasteiger partial charge in [-0.15, -0.1) is 0 Å². The van der Waals surface area contributed by atoms with Gasteiger partial charge in [0.1, 0.15) is 6.54 Å². The molecule has 0 aromatic carbocycles. The van der Waals surface area contributed by atoms with E-state index in [2.05, 4.69) is 25.6 Å². The molecule has 4 heterocycles. The minimum Gasteiger partial charge on any atom is -0.350 e. The van der Waals surface area contributed by atoms with Crippen molar-refractivity contribution in [1.82, 2.24) is 39.6 Å². The van der Waals surface area contributed by atoms with Crippen molar-refractivity contribution in [1.29, 1.82) is 0 Å². The van der Waals surface area contributed by atoms with E-state index >= 15 is 0 Å². The molecule has 33 heavy (non-hydrogen) atoms. The van der Waals surface area contributed by atoms with Gasteiger partial charge in [0.25, 0.3) is 6.43 Å². The van der Waals surface area contributed by atoms with Crippen LogP contribution in [0.2, 0.25) is 0 Å². The third kappa shape index (κ3) is 4.62. The number of carbonyl (C=O) groups is 1. The van der Waals surface area contributed by atoms with Gasteiger partial charge in [-0.05, 0) is 39.8 Å². The van der Waals surface area contributed by atoms with Gasteiger partial charge in [-0.1, -0.05) is 0 Å². The number of alkyl halides is 2. The Morgan fingerprint density at radius 1 is 1.15 bits per heavy atom. The smallest absolute Gasteiger partial charge is 0.264 e.